The molecular formula is C28H28ClN3O3S. The Hall–Kier alpha value is -3.00. The van der Waals surface area contributed by atoms with Crippen molar-refractivity contribution >= 4 is 39.9 Å². The van der Waals surface area contributed by atoms with Crippen molar-refractivity contribution < 1.29 is 13.8 Å². The number of likely N-dealkylation sites (N-methyl/N-ethyl adjacent to an activating group) is 1. The lowest BCUT2D eigenvalue weighted by molar-refractivity contribution is 0.0938. The standard InChI is InChI=1S/C28H28ClN3O3S/c1-2-31-14-6-9-22(31)17-30-27(33)20-12-13-26-24(16-20)32(18-19-7-5-8-21(29)15-19)28(34)23-10-3-4-11-25(23)36(26)35/h3-5,7-8,10-13,15-16,22H,2,6,9,14,17-18H2,1H3,(H,30,33). The number of likely N-dealkylation sites (tertiary alicyclic amines) is 1. The lowest BCUT2D eigenvalue weighted by Crippen LogP contribution is -2.40. The predicted octanol–water partition coefficient (Wildman–Crippen LogP) is 4.88. The van der Waals surface area contributed by atoms with Crippen LogP contribution >= 0.6 is 11.6 Å². The Labute approximate surface area is 218 Å². The molecule has 5 rings (SSSR count). The average Bonchev–Trinajstić information content (AvgIpc) is 3.34. The third-order valence-corrected chi connectivity index (χ3v) is 8.64. The largest absolute Gasteiger partial charge is 0.350 e. The second-order valence-corrected chi connectivity index (χ2v) is 11.0. The number of benzene rings is 3. The zero-order valence-electron chi connectivity index (χ0n) is 20.1. The first-order valence-corrected chi connectivity index (χ1v) is 13.7. The van der Waals surface area contributed by atoms with Gasteiger partial charge in [-0.2, -0.15) is 0 Å². The Morgan fingerprint density at radius 2 is 1.92 bits per heavy atom. The van der Waals surface area contributed by atoms with E-state index in [1.165, 1.54) is 0 Å². The number of hydrogen-bond acceptors (Lipinski definition) is 4. The third kappa shape index (κ3) is 4.83. The van der Waals surface area contributed by atoms with Crippen molar-refractivity contribution in [2.75, 3.05) is 24.5 Å². The van der Waals surface area contributed by atoms with Gasteiger partial charge in [0.1, 0.15) is 0 Å². The molecule has 186 valence electrons. The fraction of sp³-hybridized carbons (Fsp3) is 0.286. The lowest BCUT2D eigenvalue weighted by Gasteiger charge is -2.24. The summed E-state index contributed by atoms with van der Waals surface area (Å²) in [4.78, 5) is 31.8. The third-order valence-electron chi connectivity index (χ3n) is 6.91. The van der Waals surface area contributed by atoms with Gasteiger partial charge in [0.05, 0.1) is 38.4 Å². The summed E-state index contributed by atoms with van der Waals surface area (Å²) in [5.41, 5.74) is 2.13. The van der Waals surface area contributed by atoms with Crippen LogP contribution < -0.4 is 10.2 Å². The number of carbonyl (C=O) groups excluding carboxylic acids is 2. The summed E-state index contributed by atoms with van der Waals surface area (Å²) in [7, 11) is -1.57. The summed E-state index contributed by atoms with van der Waals surface area (Å²) in [5.74, 6) is -0.469. The smallest absolute Gasteiger partial charge is 0.259 e. The van der Waals surface area contributed by atoms with Crippen LogP contribution in [0.4, 0.5) is 5.69 Å². The molecule has 8 heteroatoms. The van der Waals surface area contributed by atoms with Crippen LogP contribution in [-0.4, -0.2) is 46.6 Å². The fourth-order valence-corrected chi connectivity index (χ4v) is 6.59. The van der Waals surface area contributed by atoms with E-state index in [1.807, 2.05) is 12.1 Å². The molecule has 2 atom stereocenters. The van der Waals surface area contributed by atoms with Gasteiger partial charge >= 0.3 is 0 Å². The number of nitrogens with zero attached hydrogens (tertiary/aromatic N) is 2. The van der Waals surface area contributed by atoms with Crippen molar-refractivity contribution in [3.63, 3.8) is 0 Å². The number of carbonyl (C=O) groups is 2. The molecule has 0 radical (unpaired) electrons. The summed E-state index contributed by atoms with van der Waals surface area (Å²) in [6.07, 6.45) is 2.21. The molecule has 0 bridgehead atoms. The molecule has 3 aromatic carbocycles. The van der Waals surface area contributed by atoms with Crippen LogP contribution in [-0.2, 0) is 17.3 Å². The Morgan fingerprint density at radius 3 is 2.72 bits per heavy atom. The second-order valence-electron chi connectivity index (χ2n) is 9.10. The van der Waals surface area contributed by atoms with E-state index >= 15 is 0 Å². The number of halogens is 1. The highest BCUT2D eigenvalue weighted by molar-refractivity contribution is 7.85. The van der Waals surface area contributed by atoms with Crippen LogP contribution in [0.1, 0.15) is 46.0 Å². The molecule has 1 fully saturated rings. The molecule has 0 aromatic heterocycles. The maximum atomic E-state index is 13.7. The molecule has 0 aliphatic carbocycles. The molecule has 2 aliphatic heterocycles. The van der Waals surface area contributed by atoms with Crippen molar-refractivity contribution in [1.82, 2.24) is 10.2 Å². The van der Waals surface area contributed by atoms with Crippen LogP contribution in [0, 0.1) is 0 Å². The summed E-state index contributed by atoms with van der Waals surface area (Å²) >= 11 is 6.20. The highest BCUT2D eigenvalue weighted by Gasteiger charge is 2.32. The Balaban J connectivity index is 1.50. The lowest BCUT2D eigenvalue weighted by atomic mass is 10.1. The molecule has 0 saturated carbocycles. The number of nitrogens with one attached hydrogen (secondary N) is 1. The van der Waals surface area contributed by atoms with E-state index in [9.17, 15) is 13.8 Å². The quantitative estimate of drug-likeness (QED) is 0.502. The van der Waals surface area contributed by atoms with Crippen molar-refractivity contribution in [1.29, 1.82) is 0 Å². The molecule has 6 nitrogen and oxygen atoms in total. The van der Waals surface area contributed by atoms with E-state index in [1.54, 1.807) is 59.5 Å². The van der Waals surface area contributed by atoms with E-state index in [-0.39, 0.29) is 18.4 Å². The van der Waals surface area contributed by atoms with Gasteiger partial charge in [-0.05, 0) is 74.0 Å². The fourth-order valence-electron chi connectivity index (χ4n) is 5.03. The second kappa shape index (κ2) is 10.5. The Bertz CT molecular complexity index is 1350. The number of anilines is 1. The van der Waals surface area contributed by atoms with Gasteiger partial charge in [-0.15, -0.1) is 0 Å². The van der Waals surface area contributed by atoms with Gasteiger partial charge in [0.15, 0.2) is 0 Å². The average molecular weight is 522 g/mol. The maximum Gasteiger partial charge on any atom is 0.259 e. The molecule has 2 unspecified atom stereocenters. The predicted molar refractivity (Wildman–Crippen MR) is 142 cm³/mol. The summed E-state index contributed by atoms with van der Waals surface area (Å²) in [6.45, 7) is 4.97. The number of rotatable bonds is 6. The van der Waals surface area contributed by atoms with Crippen molar-refractivity contribution in [3.8, 4) is 0 Å². The Kier molecular flexibility index (Phi) is 7.23. The Morgan fingerprint density at radius 1 is 1.08 bits per heavy atom. The van der Waals surface area contributed by atoms with Gasteiger partial charge in [-0.3, -0.25) is 14.5 Å². The normalized spacial score (nSPS) is 19.5. The van der Waals surface area contributed by atoms with Gasteiger partial charge in [-0.25, -0.2) is 4.21 Å². The molecule has 1 saturated heterocycles. The van der Waals surface area contributed by atoms with E-state index in [4.69, 9.17) is 11.6 Å². The maximum absolute atomic E-state index is 13.7. The molecule has 2 aliphatic rings. The van der Waals surface area contributed by atoms with Crippen molar-refractivity contribution in [3.05, 3.63) is 88.4 Å². The summed E-state index contributed by atoms with van der Waals surface area (Å²) in [6, 6.07) is 19.7. The monoisotopic (exact) mass is 521 g/mol. The molecule has 0 spiro atoms. The molecule has 2 amide bonds. The molecule has 2 heterocycles. The highest BCUT2D eigenvalue weighted by Crippen LogP contribution is 2.36. The first-order chi connectivity index (χ1) is 17.5. The minimum absolute atomic E-state index is 0.205. The first kappa shape index (κ1) is 24.7. The molecule has 36 heavy (non-hydrogen) atoms. The van der Waals surface area contributed by atoms with Gasteiger partial charge < -0.3 is 10.2 Å². The number of amides is 2. The summed E-state index contributed by atoms with van der Waals surface area (Å²) < 4.78 is 13.6. The van der Waals surface area contributed by atoms with Crippen LogP contribution in [0.25, 0.3) is 0 Å². The van der Waals surface area contributed by atoms with Crippen molar-refractivity contribution in [2.24, 2.45) is 0 Å². The van der Waals surface area contributed by atoms with Gasteiger partial charge in [0.25, 0.3) is 11.8 Å². The number of hydrogen-bond donors (Lipinski definition) is 1. The molecule has 3 aromatic rings. The molecule has 1 N–H and O–H groups in total. The van der Waals surface area contributed by atoms with E-state index in [2.05, 4.69) is 17.1 Å². The number of fused-ring (bicyclic) bond motifs is 2. The van der Waals surface area contributed by atoms with E-state index < -0.39 is 10.8 Å². The van der Waals surface area contributed by atoms with Crippen LogP contribution in [0.15, 0.2) is 76.5 Å². The van der Waals surface area contributed by atoms with E-state index in [0.29, 0.717) is 44.2 Å². The topological polar surface area (TPSA) is 69.7 Å². The minimum atomic E-state index is -1.57. The SMILES string of the molecule is CCN1CCCC1CNC(=O)c1ccc2c(c1)N(Cc1cccc(Cl)c1)C(=O)c1ccccc1S2=O. The van der Waals surface area contributed by atoms with Crippen LogP contribution in [0.3, 0.4) is 0 Å². The highest BCUT2D eigenvalue weighted by atomic mass is 35.5. The molecular weight excluding hydrogens is 494 g/mol. The van der Waals surface area contributed by atoms with E-state index in [0.717, 1.165) is 31.5 Å². The van der Waals surface area contributed by atoms with Crippen LogP contribution in [0.2, 0.25) is 5.02 Å². The van der Waals surface area contributed by atoms with Gasteiger partial charge in [0.2, 0.25) is 0 Å². The zero-order valence-corrected chi connectivity index (χ0v) is 21.6. The van der Waals surface area contributed by atoms with Gasteiger partial charge in [-0.1, -0.05) is 42.8 Å². The van der Waals surface area contributed by atoms with Crippen LogP contribution in [0.5, 0.6) is 0 Å². The minimum Gasteiger partial charge on any atom is -0.350 e. The van der Waals surface area contributed by atoms with Gasteiger partial charge in [0, 0.05) is 23.2 Å². The zero-order chi connectivity index (χ0) is 25.2. The first-order valence-electron chi connectivity index (χ1n) is 12.2. The van der Waals surface area contributed by atoms with Crippen molar-refractivity contribution in [2.45, 2.75) is 42.1 Å². The summed E-state index contributed by atoms with van der Waals surface area (Å²) in [5, 5.41) is 3.63.